The minimum absolute atomic E-state index is 0.0799. The van der Waals surface area contributed by atoms with E-state index in [4.69, 9.17) is 9.47 Å². The third-order valence-electron chi connectivity index (χ3n) is 2.78. The molecule has 0 bridgehead atoms. The van der Waals surface area contributed by atoms with Gasteiger partial charge in [0.1, 0.15) is 0 Å². The van der Waals surface area contributed by atoms with Crippen molar-refractivity contribution >= 4 is 5.97 Å². The summed E-state index contributed by atoms with van der Waals surface area (Å²) in [7, 11) is 0. The van der Waals surface area contributed by atoms with Gasteiger partial charge in [0, 0.05) is 19.6 Å². The van der Waals surface area contributed by atoms with Crippen LogP contribution in [0, 0.1) is 0 Å². The molecule has 0 saturated heterocycles. The van der Waals surface area contributed by atoms with Crippen molar-refractivity contribution in [2.45, 2.75) is 71.6 Å². The Morgan fingerprint density at radius 3 is 2.22 bits per heavy atom. The first kappa shape index (κ1) is 17.4. The molecule has 0 rings (SSSR count). The molecule has 0 saturated carbocycles. The zero-order valence-electron chi connectivity index (χ0n) is 12.2. The van der Waals surface area contributed by atoms with E-state index < -0.39 is 0 Å². The van der Waals surface area contributed by atoms with Crippen molar-refractivity contribution in [1.29, 1.82) is 0 Å². The summed E-state index contributed by atoms with van der Waals surface area (Å²) < 4.78 is 10.5. The molecule has 0 aromatic carbocycles. The molecule has 0 heterocycles. The second-order valence-corrected chi connectivity index (χ2v) is 4.70. The number of rotatable bonds is 13. The number of carbonyl (C=O) groups excluding carboxylic acids is 1. The largest absolute Gasteiger partial charge is 0.466 e. The minimum Gasteiger partial charge on any atom is -0.466 e. The Bertz CT molecular complexity index is 181. The fourth-order valence-corrected chi connectivity index (χ4v) is 1.71. The summed E-state index contributed by atoms with van der Waals surface area (Å²) in [6, 6.07) is 0. The highest BCUT2D eigenvalue weighted by atomic mass is 16.5. The zero-order chi connectivity index (χ0) is 13.5. The fourth-order valence-electron chi connectivity index (χ4n) is 1.71. The Morgan fingerprint density at radius 2 is 1.50 bits per heavy atom. The lowest BCUT2D eigenvalue weighted by molar-refractivity contribution is -0.144. The van der Waals surface area contributed by atoms with Crippen molar-refractivity contribution in [3.05, 3.63) is 0 Å². The highest BCUT2D eigenvalue weighted by Gasteiger charge is 2.02. The first-order chi connectivity index (χ1) is 8.81. The molecular weight excluding hydrogens is 228 g/mol. The predicted octanol–water partition coefficient (Wildman–Crippen LogP) is 4.10. The van der Waals surface area contributed by atoms with Crippen LogP contribution < -0.4 is 0 Å². The molecule has 0 amide bonds. The van der Waals surface area contributed by atoms with Gasteiger partial charge in [-0.25, -0.2) is 0 Å². The van der Waals surface area contributed by atoms with Crippen LogP contribution in [0.2, 0.25) is 0 Å². The molecule has 0 aromatic rings. The van der Waals surface area contributed by atoms with E-state index in [1.807, 2.05) is 0 Å². The Balaban J connectivity index is 3.12. The summed E-state index contributed by atoms with van der Waals surface area (Å²) >= 11 is 0. The molecule has 0 spiro atoms. The van der Waals surface area contributed by atoms with Crippen molar-refractivity contribution in [1.82, 2.24) is 0 Å². The summed E-state index contributed by atoms with van der Waals surface area (Å²) in [6.45, 7) is 6.33. The highest BCUT2D eigenvalue weighted by molar-refractivity contribution is 5.69. The van der Waals surface area contributed by atoms with Crippen molar-refractivity contribution in [3.8, 4) is 0 Å². The van der Waals surface area contributed by atoms with Crippen LogP contribution in [-0.2, 0) is 14.3 Å². The van der Waals surface area contributed by atoms with Gasteiger partial charge in [-0.1, -0.05) is 46.0 Å². The molecule has 3 nitrogen and oxygen atoms in total. The number of esters is 1. The van der Waals surface area contributed by atoms with Crippen LogP contribution >= 0.6 is 0 Å². The molecule has 0 aromatic heterocycles. The van der Waals surface area contributed by atoms with E-state index in [1.54, 1.807) is 0 Å². The van der Waals surface area contributed by atoms with Crippen molar-refractivity contribution in [2.75, 3.05) is 19.8 Å². The number of carbonyl (C=O) groups is 1. The maximum absolute atomic E-state index is 11.3. The lowest BCUT2D eigenvalue weighted by Gasteiger charge is -2.05. The average Bonchev–Trinajstić information content (AvgIpc) is 2.37. The molecule has 0 radical (unpaired) electrons. The molecule has 18 heavy (non-hydrogen) atoms. The molecule has 0 N–H and O–H groups in total. The van der Waals surface area contributed by atoms with Gasteiger partial charge in [0.15, 0.2) is 0 Å². The monoisotopic (exact) mass is 258 g/mol. The second-order valence-electron chi connectivity index (χ2n) is 4.70. The van der Waals surface area contributed by atoms with Crippen LogP contribution in [0.1, 0.15) is 71.6 Å². The van der Waals surface area contributed by atoms with E-state index in [9.17, 15) is 4.79 Å². The maximum Gasteiger partial charge on any atom is 0.305 e. The summed E-state index contributed by atoms with van der Waals surface area (Å²) in [5.41, 5.74) is 0. The van der Waals surface area contributed by atoms with Crippen molar-refractivity contribution < 1.29 is 14.3 Å². The fraction of sp³-hybridized carbons (Fsp3) is 0.933. The number of unbranched alkanes of at least 4 members (excludes halogenated alkanes) is 5. The van der Waals surface area contributed by atoms with Crippen molar-refractivity contribution in [2.24, 2.45) is 0 Å². The van der Waals surface area contributed by atoms with E-state index >= 15 is 0 Å². The van der Waals surface area contributed by atoms with E-state index in [0.29, 0.717) is 19.6 Å². The summed E-state index contributed by atoms with van der Waals surface area (Å²) in [6.07, 6.45) is 9.62. The standard InChI is InChI=1S/C15H30O3/c1-3-5-6-7-8-9-14-18-15(16)11-10-13-17-12-4-2/h3-14H2,1-2H3. The molecule has 0 fully saturated rings. The lowest BCUT2D eigenvalue weighted by Crippen LogP contribution is -2.07. The van der Waals surface area contributed by atoms with E-state index in [1.165, 1.54) is 32.1 Å². The van der Waals surface area contributed by atoms with Gasteiger partial charge >= 0.3 is 5.97 Å². The third kappa shape index (κ3) is 13.5. The van der Waals surface area contributed by atoms with Crippen LogP contribution in [-0.4, -0.2) is 25.8 Å². The SMILES string of the molecule is CCCCCCCCOC(=O)CCCOCCC. The predicted molar refractivity (Wildman–Crippen MR) is 74.7 cm³/mol. The first-order valence-corrected chi connectivity index (χ1v) is 7.54. The summed E-state index contributed by atoms with van der Waals surface area (Å²) in [5, 5.41) is 0. The van der Waals surface area contributed by atoms with Gasteiger partial charge < -0.3 is 9.47 Å². The molecule has 0 unspecified atom stereocenters. The van der Waals surface area contributed by atoms with E-state index in [-0.39, 0.29) is 5.97 Å². The molecule has 0 aliphatic rings. The van der Waals surface area contributed by atoms with Gasteiger partial charge in [-0.2, -0.15) is 0 Å². The van der Waals surface area contributed by atoms with E-state index in [0.717, 1.165) is 25.9 Å². The first-order valence-electron chi connectivity index (χ1n) is 7.54. The smallest absolute Gasteiger partial charge is 0.305 e. The van der Waals surface area contributed by atoms with Gasteiger partial charge in [0.05, 0.1) is 6.61 Å². The molecule has 108 valence electrons. The van der Waals surface area contributed by atoms with Crippen LogP contribution in [0.5, 0.6) is 0 Å². The Labute approximate surface area is 112 Å². The van der Waals surface area contributed by atoms with Gasteiger partial charge in [-0.3, -0.25) is 4.79 Å². The average molecular weight is 258 g/mol. The Hall–Kier alpha value is -0.570. The molecule has 0 aliphatic carbocycles. The van der Waals surface area contributed by atoms with Gasteiger partial charge in [0.2, 0.25) is 0 Å². The number of hydrogen-bond acceptors (Lipinski definition) is 3. The number of ether oxygens (including phenoxy) is 2. The number of hydrogen-bond donors (Lipinski definition) is 0. The van der Waals surface area contributed by atoms with Crippen LogP contribution in [0.3, 0.4) is 0 Å². The van der Waals surface area contributed by atoms with Gasteiger partial charge in [-0.05, 0) is 19.3 Å². The molecule has 3 heteroatoms. The second kappa shape index (κ2) is 14.5. The van der Waals surface area contributed by atoms with Crippen LogP contribution in [0.4, 0.5) is 0 Å². The maximum atomic E-state index is 11.3. The Kier molecular flexibility index (Phi) is 14.0. The quantitative estimate of drug-likeness (QED) is 0.368. The topological polar surface area (TPSA) is 35.5 Å². The Morgan fingerprint density at radius 1 is 0.778 bits per heavy atom. The van der Waals surface area contributed by atoms with Gasteiger partial charge in [-0.15, -0.1) is 0 Å². The van der Waals surface area contributed by atoms with Crippen molar-refractivity contribution in [3.63, 3.8) is 0 Å². The zero-order valence-corrected chi connectivity index (χ0v) is 12.2. The summed E-state index contributed by atoms with van der Waals surface area (Å²) in [4.78, 5) is 11.3. The molecule has 0 atom stereocenters. The summed E-state index contributed by atoms with van der Waals surface area (Å²) in [5.74, 6) is -0.0799. The third-order valence-corrected chi connectivity index (χ3v) is 2.78. The lowest BCUT2D eigenvalue weighted by atomic mass is 10.1. The normalized spacial score (nSPS) is 10.6. The highest BCUT2D eigenvalue weighted by Crippen LogP contribution is 2.05. The van der Waals surface area contributed by atoms with Crippen LogP contribution in [0.25, 0.3) is 0 Å². The van der Waals surface area contributed by atoms with E-state index in [2.05, 4.69) is 13.8 Å². The minimum atomic E-state index is -0.0799. The molecule has 0 aliphatic heterocycles. The molecular formula is C15H30O3. The van der Waals surface area contributed by atoms with Crippen LogP contribution in [0.15, 0.2) is 0 Å². The van der Waals surface area contributed by atoms with Gasteiger partial charge in [0.25, 0.3) is 0 Å².